The molecule has 0 aromatic carbocycles. The van der Waals surface area contributed by atoms with Crippen LogP contribution in [0.3, 0.4) is 0 Å². The van der Waals surface area contributed by atoms with E-state index in [0.29, 0.717) is 13.2 Å². The van der Waals surface area contributed by atoms with Gasteiger partial charge in [-0.15, -0.1) is 0 Å². The Morgan fingerprint density at radius 1 is 1.44 bits per heavy atom. The highest BCUT2D eigenvalue weighted by molar-refractivity contribution is 5.74. The summed E-state index contributed by atoms with van der Waals surface area (Å²) in [5.41, 5.74) is 0. The Bertz CT molecular complexity index is 209. The van der Waals surface area contributed by atoms with Gasteiger partial charge in [-0.3, -0.25) is 4.90 Å². The van der Waals surface area contributed by atoms with Crippen LogP contribution in [0.15, 0.2) is 0 Å². The van der Waals surface area contributed by atoms with Gasteiger partial charge in [-0.2, -0.15) is 0 Å². The number of unbranched alkanes of at least 4 members (excludes halogenated alkanes) is 1. The maximum absolute atomic E-state index is 11.7. The maximum Gasteiger partial charge on any atom is 0.318 e. The van der Waals surface area contributed by atoms with Crippen LogP contribution in [-0.2, 0) is 0 Å². The molecule has 1 heterocycles. The normalized spacial score (nSPS) is 17.5. The molecule has 0 aliphatic carbocycles. The third-order valence-electron chi connectivity index (χ3n) is 2.78. The SMILES string of the molecule is CCCCNC(=O)N1CCCN(CCO)C1. The van der Waals surface area contributed by atoms with Gasteiger partial charge in [0.05, 0.1) is 13.3 Å². The molecule has 0 spiro atoms. The van der Waals surface area contributed by atoms with Crippen molar-refractivity contribution in [3.05, 3.63) is 0 Å². The Labute approximate surface area is 97.4 Å². The molecule has 1 rings (SSSR count). The molecule has 1 saturated heterocycles. The monoisotopic (exact) mass is 229 g/mol. The molecule has 0 radical (unpaired) electrons. The van der Waals surface area contributed by atoms with Crippen LogP contribution in [-0.4, -0.2) is 60.4 Å². The van der Waals surface area contributed by atoms with Crippen molar-refractivity contribution in [1.29, 1.82) is 0 Å². The lowest BCUT2D eigenvalue weighted by Gasteiger charge is -2.35. The van der Waals surface area contributed by atoms with Gasteiger partial charge in [0.25, 0.3) is 0 Å². The third-order valence-corrected chi connectivity index (χ3v) is 2.78. The maximum atomic E-state index is 11.7. The highest BCUT2D eigenvalue weighted by atomic mass is 16.3. The van der Waals surface area contributed by atoms with Crippen LogP contribution in [0.4, 0.5) is 4.79 Å². The van der Waals surface area contributed by atoms with E-state index in [1.807, 2.05) is 4.90 Å². The van der Waals surface area contributed by atoms with E-state index in [-0.39, 0.29) is 12.6 Å². The number of nitrogens with one attached hydrogen (secondary N) is 1. The zero-order chi connectivity index (χ0) is 11.8. The molecule has 16 heavy (non-hydrogen) atoms. The Morgan fingerprint density at radius 3 is 2.94 bits per heavy atom. The number of β-amino-alcohol motifs (C(OH)–C–C–N with tert-alkyl or cyclic N) is 1. The summed E-state index contributed by atoms with van der Waals surface area (Å²) in [4.78, 5) is 15.7. The molecule has 5 nitrogen and oxygen atoms in total. The first-order valence-electron chi connectivity index (χ1n) is 6.14. The Kier molecular flexibility index (Phi) is 6.18. The molecule has 1 fully saturated rings. The van der Waals surface area contributed by atoms with Gasteiger partial charge in [-0.25, -0.2) is 4.79 Å². The molecule has 0 aromatic heterocycles. The van der Waals surface area contributed by atoms with Gasteiger partial charge in [0.15, 0.2) is 0 Å². The first kappa shape index (κ1) is 13.3. The molecule has 0 unspecified atom stereocenters. The zero-order valence-electron chi connectivity index (χ0n) is 10.1. The van der Waals surface area contributed by atoms with Gasteiger partial charge in [0.1, 0.15) is 0 Å². The van der Waals surface area contributed by atoms with E-state index in [1.54, 1.807) is 0 Å². The van der Waals surface area contributed by atoms with Crippen molar-refractivity contribution in [2.24, 2.45) is 0 Å². The molecule has 94 valence electrons. The van der Waals surface area contributed by atoms with E-state index in [2.05, 4.69) is 17.1 Å². The van der Waals surface area contributed by atoms with Crippen molar-refractivity contribution < 1.29 is 9.90 Å². The summed E-state index contributed by atoms with van der Waals surface area (Å²) < 4.78 is 0. The minimum absolute atomic E-state index is 0.0242. The van der Waals surface area contributed by atoms with Crippen molar-refractivity contribution >= 4 is 6.03 Å². The number of carbonyl (C=O) groups is 1. The topological polar surface area (TPSA) is 55.8 Å². The molecule has 0 saturated carbocycles. The fraction of sp³-hybridized carbons (Fsp3) is 0.909. The molecule has 0 atom stereocenters. The summed E-state index contributed by atoms with van der Waals surface area (Å²) in [5, 5.41) is 11.8. The van der Waals surface area contributed by atoms with E-state index in [9.17, 15) is 4.79 Å². The van der Waals surface area contributed by atoms with Crippen LogP contribution < -0.4 is 5.32 Å². The molecule has 1 aliphatic rings. The zero-order valence-corrected chi connectivity index (χ0v) is 10.1. The first-order chi connectivity index (χ1) is 7.77. The van der Waals surface area contributed by atoms with E-state index in [1.165, 1.54) is 0 Å². The molecule has 2 amide bonds. The molecule has 1 aliphatic heterocycles. The van der Waals surface area contributed by atoms with Gasteiger partial charge in [0, 0.05) is 26.2 Å². The summed E-state index contributed by atoms with van der Waals surface area (Å²) in [7, 11) is 0. The number of carbonyl (C=O) groups excluding carboxylic acids is 1. The average Bonchev–Trinajstić information content (AvgIpc) is 2.30. The highest BCUT2D eigenvalue weighted by Crippen LogP contribution is 2.05. The summed E-state index contributed by atoms with van der Waals surface area (Å²) in [5.74, 6) is 0. The fourth-order valence-electron chi connectivity index (χ4n) is 1.84. The van der Waals surface area contributed by atoms with E-state index in [4.69, 9.17) is 5.11 Å². The number of rotatable bonds is 5. The van der Waals surface area contributed by atoms with Crippen molar-refractivity contribution in [2.75, 3.05) is 39.5 Å². The van der Waals surface area contributed by atoms with Crippen molar-refractivity contribution in [1.82, 2.24) is 15.1 Å². The summed E-state index contributed by atoms with van der Waals surface area (Å²) in [6.07, 6.45) is 3.11. The number of aliphatic hydroxyl groups is 1. The lowest BCUT2D eigenvalue weighted by Crippen LogP contribution is -2.51. The number of nitrogens with zero attached hydrogens (tertiary/aromatic N) is 2. The van der Waals surface area contributed by atoms with Crippen LogP contribution in [0.5, 0.6) is 0 Å². The number of urea groups is 1. The number of hydrogen-bond acceptors (Lipinski definition) is 3. The van der Waals surface area contributed by atoms with Gasteiger partial charge in [-0.1, -0.05) is 13.3 Å². The van der Waals surface area contributed by atoms with Crippen molar-refractivity contribution in [3.8, 4) is 0 Å². The molecular formula is C11H23N3O2. The largest absolute Gasteiger partial charge is 0.395 e. The van der Waals surface area contributed by atoms with Crippen molar-refractivity contribution in [2.45, 2.75) is 26.2 Å². The van der Waals surface area contributed by atoms with E-state index >= 15 is 0 Å². The lowest BCUT2D eigenvalue weighted by molar-refractivity contribution is 0.0880. The second-order valence-electron chi connectivity index (χ2n) is 4.19. The predicted octanol–water partition coefficient (Wildman–Crippen LogP) is 0.454. The molecule has 5 heteroatoms. The highest BCUT2D eigenvalue weighted by Gasteiger charge is 2.20. The van der Waals surface area contributed by atoms with Gasteiger partial charge < -0.3 is 15.3 Å². The van der Waals surface area contributed by atoms with Crippen LogP contribution >= 0.6 is 0 Å². The molecule has 0 aromatic rings. The van der Waals surface area contributed by atoms with Gasteiger partial charge in [-0.05, 0) is 12.8 Å². The molecular weight excluding hydrogens is 206 g/mol. The second kappa shape index (κ2) is 7.46. The smallest absolute Gasteiger partial charge is 0.318 e. The Morgan fingerprint density at radius 2 is 2.25 bits per heavy atom. The lowest BCUT2D eigenvalue weighted by atomic mass is 10.3. The Hall–Kier alpha value is -0.810. The number of amides is 2. The quantitative estimate of drug-likeness (QED) is 0.673. The predicted molar refractivity (Wildman–Crippen MR) is 63.2 cm³/mol. The minimum Gasteiger partial charge on any atom is -0.395 e. The van der Waals surface area contributed by atoms with Crippen LogP contribution in [0.1, 0.15) is 26.2 Å². The summed E-state index contributed by atoms with van der Waals surface area (Å²) in [6.45, 7) is 6.10. The number of aliphatic hydroxyl groups excluding tert-OH is 1. The molecule has 0 bridgehead atoms. The summed E-state index contributed by atoms with van der Waals surface area (Å²) in [6, 6.07) is 0.0242. The second-order valence-corrected chi connectivity index (χ2v) is 4.19. The average molecular weight is 229 g/mol. The Balaban J connectivity index is 2.26. The van der Waals surface area contributed by atoms with E-state index < -0.39 is 0 Å². The minimum atomic E-state index is 0.0242. The van der Waals surface area contributed by atoms with Crippen LogP contribution in [0.25, 0.3) is 0 Å². The standard InChI is InChI=1S/C11H23N3O2/c1-2-3-5-12-11(16)14-7-4-6-13(10-14)8-9-15/h15H,2-10H2,1H3,(H,12,16). The molecule has 2 N–H and O–H groups in total. The van der Waals surface area contributed by atoms with E-state index in [0.717, 1.165) is 38.9 Å². The van der Waals surface area contributed by atoms with Crippen LogP contribution in [0, 0.1) is 0 Å². The fourth-order valence-corrected chi connectivity index (χ4v) is 1.84. The number of hydrogen-bond donors (Lipinski definition) is 2. The van der Waals surface area contributed by atoms with Crippen molar-refractivity contribution in [3.63, 3.8) is 0 Å². The first-order valence-corrected chi connectivity index (χ1v) is 6.14. The van der Waals surface area contributed by atoms with Gasteiger partial charge in [0.2, 0.25) is 0 Å². The van der Waals surface area contributed by atoms with Gasteiger partial charge >= 0.3 is 6.03 Å². The van der Waals surface area contributed by atoms with Crippen LogP contribution in [0.2, 0.25) is 0 Å². The third kappa shape index (κ3) is 4.37. The summed E-state index contributed by atoms with van der Waals surface area (Å²) >= 11 is 0.